The van der Waals surface area contributed by atoms with Gasteiger partial charge in [0.1, 0.15) is 0 Å². The van der Waals surface area contributed by atoms with Gasteiger partial charge in [0.05, 0.1) is 12.5 Å². The van der Waals surface area contributed by atoms with Gasteiger partial charge in [-0.3, -0.25) is 0 Å². The first-order valence-electron chi connectivity index (χ1n) is 8.08. The van der Waals surface area contributed by atoms with Crippen molar-refractivity contribution in [3.05, 3.63) is 65.7 Å². The van der Waals surface area contributed by atoms with Crippen LogP contribution in [0.15, 0.2) is 54.6 Å². The third kappa shape index (κ3) is 2.99. The molecule has 1 aliphatic heterocycles. The molecule has 2 atom stereocenters. The largest absolute Gasteiger partial charge is 0.368 e. The van der Waals surface area contributed by atoms with Crippen LogP contribution in [0.1, 0.15) is 43.2 Å². The van der Waals surface area contributed by atoms with Gasteiger partial charge in [-0.15, -0.1) is 0 Å². The Kier molecular flexibility index (Phi) is 4.44. The molecule has 0 bridgehead atoms. The van der Waals surface area contributed by atoms with Gasteiger partial charge in [-0.05, 0) is 36.1 Å². The minimum atomic E-state index is 0.391. The summed E-state index contributed by atoms with van der Waals surface area (Å²) in [6, 6.07) is 22.2. The van der Waals surface area contributed by atoms with Crippen LogP contribution in [0.5, 0.6) is 0 Å². The molecule has 0 amide bonds. The Morgan fingerprint density at radius 1 is 1.09 bits per heavy atom. The Bertz CT molecular complexity index is 640. The van der Waals surface area contributed by atoms with E-state index >= 15 is 0 Å². The number of nitrogens with zero attached hydrogens (tertiary/aromatic N) is 2. The normalized spacial score (nSPS) is 18.9. The molecule has 0 aliphatic carbocycles. The zero-order valence-electron chi connectivity index (χ0n) is 13.1. The van der Waals surface area contributed by atoms with Gasteiger partial charge in [0.15, 0.2) is 0 Å². The highest BCUT2D eigenvalue weighted by atomic mass is 15.2. The van der Waals surface area contributed by atoms with Crippen LogP contribution in [-0.2, 0) is 0 Å². The van der Waals surface area contributed by atoms with E-state index in [4.69, 9.17) is 5.26 Å². The highest BCUT2D eigenvalue weighted by Gasteiger charge is 2.24. The average Bonchev–Trinajstić information content (AvgIpc) is 3.04. The van der Waals surface area contributed by atoms with E-state index < -0.39 is 0 Å². The van der Waals surface area contributed by atoms with E-state index in [-0.39, 0.29) is 0 Å². The molecule has 0 aromatic heterocycles. The van der Waals surface area contributed by atoms with Gasteiger partial charge in [0.2, 0.25) is 0 Å². The Morgan fingerprint density at radius 3 is 2.45 bits per heavy atom. The van der Waals surface area contributed by atoms with Gasteiger partial charge in [-0.25, -0.2) is 0 Å². The molecule has 1 fully saturated rings. The molecule has 2 heteroatoms. The van der Waals surface area contributed by atoms with E-state index in [0.29, 0.717) is 18.4 Å². The summed E-state index contributed by atoms with van der Waals surface area (Å²) in [5, 5.41) is 8.96. The third-order valence-corrected chi connectivity index (χ3v) is 4.73. The van der Waals surface area contributed by atoms with E-state index in [1.165, 1.54) is 23.2 Å². The molecule has 0 saturated carbocycles. The lowest BCUT2D eigenvalue weighted by Gasteiger charge is -2.25. The minimum Gasteiger partial charge on any atom is -0.368 e. The van der Waals surface area contributed by atoms with Crippen LogP contribution >= 0.6 is 0 Å². The summed E-state index contributed by atoms with van der Waals surface area (Å²) in [6.07, 6.45) is 2.95. The summed E-state index contributed by atoms with van der Waals surface area (Å²) in [4.78, 5) is 2.39. The summed E-state index contributed by atoms with van der Waals surface area (Å²) < 4.78 is 0. The van der Waals surface area contributed by atoms with Crippen LogP contribution in [0.4, 0.5) is 5.69 Å². The Balaban J connectivity index is 1.77. The van der Waals surface area contributed by atoms with Gasteiger partial charge >= 0.3 is 0 Å². The fourth-order valence-electron chi connectivity index (χ4n) is 3.38. The Hall–Kier alpha value is -2.27. The van der Waals surface area contributed by atoms with E-state index in [0.717, 1.165) is 13.0 Å². The average molecular weight is 290 g/mol. The van der Waals surface area contributed by atoms with Crippen molar-refractivity contribution in [1.82, 2.24) is 0 Å². The molecule has 0 spiro atoms. The molecular formula is C20H22N2. The molecule has 2 aromatic rings. The van der Waals surface area contributed by atoms with Crippen LogP contribution in [0.2, 0.25) is 0 Å². The Labute approximate surface area is 133 Å². The third-order valence-electron chi connectivity index (χ3n) is 4.73. The van der Waals surface area contributed by atoms with Crippen molar-refractivity contribution < 1.29 is 0 Å². The quantitative estimate of drug-likeness (QED) is 0.814. The number of rotatable bonds is 4. The van der Waals surface area contributed by atoms with E-state index in [1.54, 1.807) is 0 Å². The first kappa shape index (κ1) is 14.7. The van der Waals surface area contributed by atoms with Crippen LogP contribution in [0, 0.1) is 11.3 Å². The molecule has 1 aliphatic rings. The topological polar surface area (TPSA) is 27.0 Å². The molecule has 2 nitrogen and oxygen atoms in total. The van der Waals surface area contributed by atoms with Crippen LogP contribution in [-0.4, -0.2) is 12.6 Å². The van der Waals surface area contributed by atoms with E-state index in [2.05, 4.69) is 72.5 Å². The maximum absolute atomic E-state index is 8.96. The van der Waals surface area contributed by atoms with Crippen molar-refractivity contribution in [1.29, 1.82) is 5.26 Å². The number of nitriles is 1. The zero-order valence-corrected chi connectivity index (χ0v) is 13.1. The number of hydrogen-bond donors (Lipinski definition) is 0. The molecule has 3 rings (SSSR count). The molecule has 22 heavy (non-hydrogen) atoms. The standard InChI is InChI=1S/C20H22N2/c1-16(17-6-3-2-4-7-17)18-9-11-20(12-10-18)22-15-5-8-19(22)13-14-21/h2-4,6-7,9-12,16,19H,5,8,13,15H2,1H3. The summed E-state index contributed by atoms with van der Waals surface area (Å²) in [5.41, 5.74) is 3.94. The number of hydrogen-bond acceptors (Lipinski definition) is 2. The van der Waals surface area contributed by atoms with Crippen molar-refractivity contribution in [2.75, 3.05) is 11.4 Å². The first-order chi connectivity index (χ1) is 10.8. The summed E-state index contributed by atoms with van der Waals surface area (Å²) in [6.45, 7) is 3.32. The molecule has 0 radical (unpaired) electrons. The fraction of sp³-hybridized carbons (Fsp3) is 0.350. The second kappa shape index (κ2) is 6.66. The molecule has 1 heterocycles. The monoisotopic (exact) mass is 290 g/mol. The summed E-state index contributed by atoms with van der Waals surface area (Å²) in [5.74, 6) is 0.406. The van der Waals surface area contributed by atoms with Crippen molar-refractivity contribution in [2.45, 2.75) is 38.1 Å². The van der Waals surface area contributed by atoms with Crippen LogP contribution in [0.25, 0.3) is 0 Å². The SMILES string of the molecule is CC(c1ccccc1)c1ccc(N2CCCC2CC#N)cc1. The maximum Gasteiger partial charge on any atom is 0.0643 e. The summed E-state index contributed by atoms with van der Waals surface area (Å²) >= 11 is 0. The fourth-order valence-corrected chi connectivity index (χ4v) is 3.38. The summed E-state index contributed by atoms with van der Waals surface area (Å²) in [7, 11) is 0. The number of benzene rings is 2. The van der Waals surface area contributed by atoms with Crippen molar-refractivity contribution in [3.8, 4) is 6.07 Å². The molecular weight excluding hydrogens is 268 g/mol. The highest BCUT2D eigenvalue weighted by molar-refractivity contribution is 5.51. The Morgan fingerprint density at radius 2 is 1.77 bits per heavy atom. The lowest BCUT2D eigenvalue weighted by Crippen LogP contribution is -2.28. The van der Waals surface area contributed by atoms with Crippen molar-refractivity contribution in [3.63, 3.8) is 0 Å². The second-order valence-electron chi connectivity index (χ2n) is 6.08. The van der Waals surface area contributed by atoms with Gasteiger partial charge in [-0.1, -0.05) is 49.4 Å². The molecule has 1 saturated heterocycles. The second-order valence-corrected chi connectivity index (χ2v) is 6.08. The lowest BCUT2D eigenvalue weighted by atomic mass is 9.93. The first-order valence-corrected chi connectivity index (χ1v) is 8.08. The van der Waals surface area contributed by atoms with Gasteiger partial charge in [0, 0.05) is 24.2 Å². The smallest absolute Gasteiger partial charge is 0.0643 e. The molecule has 0 N–H and O–H groups in total. The van der Waals surface area contributed by atoms with Gasteiger partial charge < -0.3 is 4.90 Å². The minimum absolute atomic E-state index is 0.391. The van der Waals surface area contributed by atoms with E-state index in [1.807, 2.05) is 0 Å². The predicted molar refractivity (Wildman–Crippen MR) is 91.0 cm³/mol. The molecule has 2 unspecified atom stereocenters. The molecule has 112 valence electrons. The predicted octanol–water partition coefficient (Wildman–Crippen LogP) is 4.72. The van der Waals surface area contributed by atoms with Gasteiger partial charge in [0.25, 0.3) is 0 Å². The zero-order chi connectivity index (χ0) is 15.4. The highest BCUT2D eigenvalue weighted by Crippen LogP contribution is 2.30. The molecule has 2 aromatic carbocycles. The maximum atomic E-state index is 8.96. The van der Waals surface area contributed by atoms with Crippen LogP contribution in [0.3, 0.4) is 0 Å². The number of anilines is 1. The van der Waals surface area contributed by atoms with Gasteiger partial charge in [-0.2, -0.15) is 5.26 Å². The van der Waals surface area contributed by atoms with Crippen LogP contribution < -0.4 is 4.90 Å². The van der Waals surface area contributed by atoms with Crippen molar-refractivity contribution in [2.24, 2.45) is 0 Å². The van der Waals surface area contributed by atoms with Crippen molar-refractivity contribution >= 4 is 5.69 Å². The lowest BCUT2D eigenvalue weighted by molar-refractivity contribution is 0.683. The van der Waals surface area contributed by atoms with E-state index in [9.17, 15) is 0 Å².